The molecule has 2 fully saturated rings. The van der Waals surface area contributed by atoms with Gasteiger partial charge < -0.3 is 10.5 Å². The summed E-state index contributed by atoms with van der Waals surface area (Å²) in [5.74, 6) is 0.827. The Balaban J connectivity index is 1.76. The third-order valence-corrected chi connectivity index (χ3v) is 4.11. The van der Waals surface area contributed by atoms with Crippen LogP contribution in [0.1, 0.15) is 58.3 Å². The number of nitrogens with two attached hydrogens (primary N) is 1. The molecule has 0 radical (unpaired) electrons. The highest BCUT2D eigenvalue weighted by atomic mass is 16.5. The summed E-state index contributed by atoms with van der Waals surface area (Å²) >= 11 is 0. The normalized spacial score (nSPS) is 42.0. The zero-order valence-corrected chi connectivity index (χ0v) is 10.0. The third kappa shape index (κ3) is 3.18. The first-order valence-electron chi connectivity index (χ1n) is 6.58. The van der Waals surface area contributed by atoms with E-state index in [0.29, 0.717) is 6.10 Å². The van der Waals surface area contributed by atoms with Crippen LogP contribution in [0.15, 0.2) is 0 Å². The fraction of sp³-hybridized carbons (Fsp3) is 1.00. The Kier molecular flexibility index (Phi) is 3.68. The summed E-state index contributed by atoms with van der Waals surface area (Å²) in [5, 5.41) is 0. The summed E-state index contributed by atoms with van der Waals surface area (Å²) < 4.78 is 5.66. The van der Waals surface area contributed by atoms with Gasteiger partial charge in [0.25, 0.3) is 0 Å². The van der Waals surface area contributed by atoms with Gasteiger partial charge in [0.05, 0.1) is 6.10 Å². The Labute approximate surface area is 93.6 Å². The van der Waals surface area contributed by atoms with Crippen molar-refractivity contribution in [3.63, 3.8) is 0 Å². The topological polar surface area (TPSA) is 35.2 Å². The maximum absolute atomic E-state index is 6.47. The molecule has 0 aromatic carbocycles. The lowest BCUT2D eigenvalue weighted by atomic mass is 9.74. The van der Waals surface area contributed by atoms with Crippen molar-refractivity contribution < 1.29 is 4.74 Å². The Bertz CT molecular complexity index is 201. The van der Waals surface area contributed by atoms with Crippen LogP contribution >= 0.6 is 0 Å². The third-order valence-electron chi connectivity index (χ3n) is 4.11. The highest BCUT2D eigenvalue weighted by Crippen LogP contribution is 2.34. The van der Waals surface area contributed by atoms with Gasteiger partial charge in [0.1, 0.15) is 0 Å². The monoisotopic (exact) mass is 211 g/mol. The SMILES string of the molecule is CC1CCCC(N)(CCC2CCCO2)C1. The second kappa shape index (κ2) is 4.84. The van der Waals surface area contributed by atoms with E-state index >= 15 is 0 Å². The second-order valence-corrected chi connectivity index (χ2v) is 5.74. The van der Waals surface area contributed by atoms with Gasteiger partial charge in [-0.25, -0.2) is 0 Å². The molecule has 1 aliphatic carbocycles. The van der Waals surface area contributed by atoms with Crippen LogP contribution < -0.4 is 5.73 Å². The standard InChI is InChI=1S/C13H25NO/c1-11-4-2-7-13(14,10-11)8-6-12-5-3-9-15-12/h11-12H,2-10,14H2,1H3. The van der Waals surface area contributed by atoms with E-state index in [-0.39, 0.29) is 5.54 Å². The maximum Gasteiger partial charge on any atom is 0.0576 e. The molecule has 0 aromatic heterocycles. The van der Waals surface area contributed by atoms with E-state index in [0.717, 1.165) is 12.5 Å². The van der Waals surface area contributed by atoms with Crippen LogP contribution in [-0.4, -0.2) is 18.2 Å². The Hall–Kier alpha value is -0.0800. The highest BCUT2D eigenvalue weighted by molar-refractivity contribution is 4.90. The molecule has 0 amide bonds. The molecule has 1 saturated carbocycles. The highest BCUT2D eigenvalue weighted by Gasteiger charge is 2.31. The Morgan fingerprint density at radius 3 is 2.87 bits per heavy atom. The molecule has 2 N–H and O–H groups in total. The molecular formula is C13H25NO. The molecule has 88 valence electrons. The minimum Gasteiger partial charge on any atom is -0.378 e. The molecule has 3 unspecified atom stereocenters. The van der Waals surface area contributed by atoms with E-state index in [1.807, 2.05) is 0 Å². The minimum atomic E-state index is 0.129. The molecule has 0 bridgehead atoms. The zero-order chi connectivity index (χ0) is 10.7. The smallest absolute Gasteiger partial charge is 0.0576 e. The fourth-order valence-electron chi connectivity index (χ4n) is 3.25. The van der Waals surface area contributed by atoms with Crippen molar-refractivity contribution in [3.05, 3.63) is 0 Å². The lowest BCUT2D eigenvalue weighted by Gasteiger charge is -2.37. The van der Waals surface area contributed by atoms with E-state index < -0.39 is 0 Å². The molecular weight excluding hydrogens is 186 g/mol. The average Bonchev–Trinajstić information content (AvgIpc) is 2.67. The van der Waals surface area contributed by atoms with Gasteiger partial charge in [-0.15, -0.1) is 0 Å². The van der Waals surface area contributed by atoms with Gasteiger partial charge in [-0.1, -0.05) is 19.8 Å². The second-order valence-electron chi connectivity index (χ2n) is 5.74. The molecule has 1 saturated heterocycles. The van der Waals surface area contributed by atoms with Gasteiger partial charge in [0, 0.05) is 12.1 Å². The molecule has 0 aromatic rings. The molecule has 15 heavy (non-hydrogen) atoms. The summed E-state index contributed by atoms with van der Waals surface area (Å²) in [6.07, 6.45) is 10.5. The van der Waals surface area contributed by atoms with Crippen molar-refractivity contribution in [2.24, 2.45) is 11.7 Å². The van der Waals surface area contributed by atoms with Gasteiger partial charge in [0.2, 0.25) is 0 Å². The quantitative estimate of drug-likeness (QED) is 0.779. The van der Waals surface area contributed by atoms with E-state index in [1.54, 1.807) is 0 Å². The zero-order valence-electron chi connectivity index (χ0n) is 10.0. The van der Waals surface area contributed by atoms with Gasteiger partial charge >= 0.3 is 0 Å². The van der Waals surface area contributed by atoms with Crippen molar-refractivity contribution in [2.75, 3.05) is 6.61 Å². The van der Waals surface area contributed by atoms with Crippen LogP contribution in [0.4, 0.5) is 0 Å². The largest absolute Gasteiger partial charge is 0.378 e. The summed E-state index contributed by atoms with van der Waals surface area (Å²) in [4.78, 5) is 0. The van der Waals surface area contributed by atoms with Crippen molar-refractivity contribution >= 4 is 0 Å². The molecule has 1 aliphatic heterocycles. The summed E-state index contributed by atoms with van der Waals surface area (Å²) in [6, 6.07) is 0. The number of ether oxygens (including phenoxy) is 1. The average molecular weight is 211 g/mol. The molecule has 0 spiro atoms. The lowest BCUT2D eigenvalue weighted by molar-refractivity contribution is 0.0896. The van der Waals surface area contributed by atoms with Crippen LogP contribution in [0.3, 0.4) is 0 Å². The number of hydrogen-bond acceptors (Lipinski definition) is 2. The van der Waals surface area contributed by atoms with Crippen molar-refractivity contribution in [1.82, 2.24) is 0 Å². The summed E-state index contributed by atoms with van der Waals surface area (Å²) in [7, 11) is 0. The summed E-state index contributed by atoms with van der Waals surface area (Å²) in [5.41, 5.74) is 6.60. The van der Waals surface area contributed by atoms with Crippen LogP contribution in [0.2, 0.25) is 0 Å². The van der Waals surface area contributed by atoms with Crippen LogP contribution in [-0.2, 0) is 4.74 Å². The summed E-state index contributed by atoms with van der Waals surface area (Å²) in [6.45, 7) is 3.31. The first-order valence-corrected chi connectivity index (χ1v) is 6.58. The van der Waals surface area contributed by atoms with E-state index in [2.05, 4.69) is 6.92 Å². The minimum absolute atomic E-state index is 0.129. The van der Waals surface area contributed by atoms with Crippen molar-refractivity contribution in [3.8, 4) is 0 Å². The predicted octanol–water partition coefficient (Wildman–Crippen LogP) is 2.85. The van der Waals surface area contributed by atoms with E-state index in [1.165, 1.54) is 51.4 Å². The maximum atomic E-state index is 6.47. The number of hydrogen-bond donors (Lipinski definition) is 1. The molecule has 2 nitrogen and oxygen atoms in total. The predicted molar refractivity (Wildman–Crippen MR) is 62.8 cm³/mol. The first kappa shape index (κ1) is 11.4. The van der Waals surface area contributed by atoms with Crippen LogP contribution in [0.25, 0.3) is 0 Å². The molecule has 2 rings (SSSR count). The first-order chi connectivity index (χ1) is 7.18. The van der Waals surface area contributed by atoms with Gasteiger partial charge in [-0.2, -0.15) is 0 Å². The van der Waals surface area contributed by atoms with E-state index in [4.69, 9.17) is 10.5 Å². The lowest BCUT2D eigenvalue weighted by Crippen LogP contribution is -2.44. The molecule has 1 heterocycles. The van der Waals surface area contributed by atoms with Gasteiger partial charge in [-0.3, -0.25) is 0 Å². The van der Waals surface area contributed by atoms with E-state index in [9.17, 15) is 0 Å². The van der Waals surface area contributed by atoms with Gasteiger partial charge in [-0.05, 0) is 44.4 Å². The van der Waals surface area contributed by atoms with Crippen molar-refractivity contribution in [2.45, 2.75) is 69.9 Å². The van der Waals surface area contributed by atoms with Crippen LogP contribution in [0.5, 0.6) is 0 Å². The molecule has 2 aliphatic rings. The Morgan fingerprint density at radius 2 is 2.20 bits per heavy atom. The van der Waals surface area contributed by atoms with Crippen LogP contribution in [0, 0.1) is 5.92 Å². The van der Waals surface area contributed by atoms with Gasteiger partial charge in [0.15, 0.2) is 0 Å². The Morgan fingerprint density at radius 1 is 1.33 bits per heavy atom. The molecule has 3 atom stereocenters. The molecule has 2 heteroatoms. The fourth-order valence-corrected chi connectivity index (χ4v) is 3.25. The number of rotatable bonds is 3. The van der Waals surface area contributed by atoms with Crippen molar-refractivity contribution in [1.29, 1.82) is 0 Å².